The van der Waals surface area contributed by atoms with Crippen LogP contribution in [0.25, 0.3) is 0 Å². The highest BCUT2D eigenvalue weighted by molar-refractivity contribution is 5.91. The molecule has 0 amide bonds. The van der Waals surface area contributed by atoms with E-state index >= 15 is 0 Å². The third-order valence-electron chi connectivity index (χ3n) is 5.80. The number of hydrogen-bond donors (Lipinski definition) is 1. The maximum atomic E-state index is 11.7. The summed E-state index contributed by atoms with van der Waals surface area (Å²) < 4.78 is 5.69. The Morgan fingerprint density at radius 1 is 0.906 bits per heavy atom. The summed E-state index contributed by atoms with van der Waals surface area (Å²) in [5, 5.41) is 21.0. The van der Waals surface area contributed by atoms with Crippen LogP contribution in [0.1, 0.15) is 127 Å². The van der Waals surface area contributed by atoms with Crippen LogP contribution >= 0.6 is 0 Å². The molecule has 0 aliphatic carbocycles. The molecule has 0 spiro atoms. The average molecular weight is 450 g/mol. The lowest BCUT2D eigenvalue weighted by Crippen LogP contribution is -2.13. The first-order valence-electron chi connectivity index (χ1n) is 12.6. The van der Waals surface area contributed by atoms with Gasteiger partial charge in [-0.1, -0.05) is 90.4 Å². The van der Waals surface area contributed by atoms with E-state index in [9.17, 15) is 20.0 Å². The highest BCUT2D eigenvalue weighted by atomic mass is 16.6. The summed E-state index contributed by atoms with van der Waals surface area (Å²) in [5.41, 5.74) is 0.379. The van der Waals surface area contributed by atoms with Crippen LogP contribution in [0.3, 0.4) is 0 Å². The SMILES string of the molecule is CCCCCCCCCCCCCCCCc1c(C(=O)O)ccc([N+](=O)[O-])c1OC(C)C. The Balaban J connectivity index is 2.38. The summed E-state index contributed by atoms with van der Waals surface area (Å²) in [4.78, 5) is 22.6. The summed E-state index contributed by atoms with van der Waals surface area (Å²) in [6, 6.07) is 2.56. The lowest BCUT2D eigenvalue weighted by molar-refractivity contribution is -0.386. The van der Waals surface area contributed by atoms with Gasteiger partial charge in [-0.05, 0) is 32.8 Å². The van der Waals surface area contributed by atoms with Gasteiger partial charge >= 0.3 is 11.7 Å². The number of rotatable bonds is 19. The fourth-order valence-electron chi connectivity index (χ4n) is 4.07. The molecule has 0 aliphatic heterocycles. The van der Waals surface area contributed by atoms with Crippen molar-refractivity contribution in [1.29, 1.82) is 0 Å². The standard InChI is InChI=1S/C26H43NO5/c1-4-5-6-7-8-9-10-11-12-13-14-15-16-17-18-22-23(26(28)29)19-20-24(27(30)31)25(22)32-21(2)3/h19-21H,4-18H2,1-3H3,(H,28,29). The minimum Gasteiger partial charge on any atom is -0.484 e. The van der Waals surface area contributed by atoms with E-state index in [0.717, 1.165) is 19.3 Å². The number of unbranched alkanes of at least 4 members (excludes halogenated alkanes) is 13. The quantitative estimate of drug-likeness (QED) is 0.131. The van der Waals surface area contributed by atoms with E-state index < -0.39 is 10.9 Å². The third kappa shape index (κ3) is 11.0. The smallest absolute Gasteiger partial charge is 0.336 e. The molecule has 0 bridgehead atoms. The largest absolute Gasteiger partial charge is 0.484 e. The van der Waals surface area contributed by atoms with Crippen LogP contribution in [0.5, 0.6) is 5.75 Å². The van der Waals surface area contributed by atoms with Crippen molar-refractivity contribution in [3.63, 3.8) is 0 Å². The number of carboxylic acids is 1. The van der Waals surface area contributed by atoms with Crippen LogP contribution in [-0.2, 0) is 6.42 Å². The molecule has 0 fully saturated rings. The van der Waals surface area contributed by atoms with Crippen LogP contribution in [0, 0.1) is 10.1 Å². The fourth-order valence-corrected chi connectivity index (χ4v) is 4.07. The number of carbonyl (C=O) groups is 1. The predicted molar refractivity (Wildman–Crippen MR) is 130 cm³/mol. The van der Waals surface area contributed by atoms with Gasteiger partial charge in [0.25, 0.3) is 0 Å². The first-order valence-corrected chi connectivity index (χ1v) is 12.6. The minimum atomic E-state index is -1.08. The van der Waals surface area contributed by atoms with Crippen molar-refractivity contribution in [3.8, 4) is 5.75 Å². The van der Waals surface area contributed by atoms with E-state index in [1.807, 2.05) is 0 Å². The number of nitro groups is 1. The highest BCUT2D eigenvalue weighted by Crippen LogP contribution is 2.35. The van der Waals surface area contributed by atoms with Crippen molar-refractivity contribution < 1.29 is 19.6 Å². The van der Waals surface area contributed by atoms with Gasteiger partial charge in [0.15, 0.2) is 0 Å². The first-order chi connectivity index (χ1) is 15.4. The maximum Gasteiger partial charge on any atom is 0.336 e. The van der Waals surface area contributed by atoms with Gasteiger partial charge in [0.05, 0.1) is 16.6 Å². The molecule has 0 saturated carbocycles. The Morgan fingerprint density at radius 2 is 1.38 bits per heavy atom. The summed E-state index contributed by atoms with van der Waals surface area (Å²) in [5.74, 6) is -0.964. The van der Waals surface area contributed by atoms with Gasteiger partial charge in [0.1, 0.15) is 0 Å². The molecule has 0 heterocycles. The number of aromatic carboxylic acids is 1. The van der Waals surface area contributed by atoms with E-state index in [2.05, 4.69) is 6.92 Å². The molecule has 0 radical (unpaired) electrons. The van der Waals surface area contributed by atoms with E-state index in [1.165, 1.54) is 82.8 Å². The maximum absolute atomic E-state index is 11.7. The average Bonchev–Trinajstić information content (AvgIpc) is 2.73. The van der Waals surface area contributed by atoms with E-state index in [-0.39, 0.29) is 23.1 Å². The highest BCUT2D eigenvalue weighted by Gasteiger charge is 2.25. The van der Waals surface area contributed by atoms with E-state index in [1.54, 1.807) is 13.8 Å². The molecule has 1 aromatic carbocycles. The van der Waals surface area contributed by atoms with Crippen molar-refractivity contribution in [3.05, 3.63) is 33.4 Å². The van der Waals surface area contributed by atoms with Crippen molar-refractivity contribution in [2.75, 3.05) is 0 Å². The summed E-state index contributed by atoms with van der Waals surface area (Å²) in [7, 11) is 0. The van der Waals surface area contributed by atoms with E-state index in [0.29, 0.717) is 12.0 Å². The van der Waals surface area contributed by atoms with Gasteiger partial charge in [-0.2, -0.15) is 0 Å². The lowest BCUT2D eigenvalue weighted by atomic mass is 9.98. The van der Waals surface area contributed by atoms with Crippen LogP contribution < -0.4 is 4.74 Å². The number of ether oxygens (including phenoxy) is 1. The molecule has 1 N–H and O–H groups in total. The molecule has 182 valence electrons. The Bertz CT molecular complexity index is 687. The zero-order valence-corrected chi connectivity index (χ0v) is 20.4. The zero-order chi connectivity index (χ0) is 23.8. The number of nitrogens with zero attached hydrogens (tertiary/aromatic N) is 1. The van der Waals surface area contributed by atoms with Crippen molar-refractivity contribution >= 4 is 11.7 Å². The molecular weight excluding hydrogens is 406 g/mol. The first kappa shape index (κ1) is 27.9. The molecule has 0 aliphatic rings. The number of benzene rings is 1. The van der Waals surface area contributed by atoms with Crippen LogP contribution in [0.15, 0.2) is 12.1 Å². The van der Waals surface area contributed by atoms with E-state index in [4.69, 9.17) is 4.74 Å². The second-order valence-electron chi connectivity index (χ2n) is 9.01. The molecule has 0 aromatic heterocycles. The molecule has 0 unspecified atom stereocenters. The summed E-state index contributed by atoms with van der Waals surface area (Å²) >= 11 is 0. The summed E-state index contributed by atoms with van der Waals surface area (Å²) in [6.07, 6.45) is 17.6. The molecule has 1 rings (SSSR count). The van der Waals surface area contributed by atoms with Gasteiger partial charge in [0.2, 0.25) is 5.75 Å². The molecule has 0 saturated heterocycles. The van der Waals surface area contributed by atoms with Crippen molar-refractivity contribution in [2.24, 2.45) is 0 Å². The minimum absolute atomic E-state index is 0.0981. The molecule has 6 nitrogen and oxygen atoms in total. The molecule has 32 heavy (non-hydrogen) atoms. The van der Waals surface area contributed by atoms with Crippen LogP contribution in [0.4, 0.5) is 5.69 Å². The molecule has 0 atom stereocenters. The van der Waals surface area contributed by atoms with Gasteiger partial charge in [-0.3, -0.25) is 10.1 Å². The van der Waals surface area contributed by atoms with Crippen molar-refractivity contribution in [1.82, 2.24) is 0 Å². The zero-order valence-electron chi connectivity index (χ0n) is 20.4. The lowest BCUT2D eigenvalue weighted by Gasteiger charge is -2.16. The predicted octanol–water partition coefficient (Wildman–Crippen LogP) is 8.10. The van der Waals surface area contributed by atoms with Gasteiger partial charge in [-0.25, -0.2) is 4.79 Å². The summed E-state index contributed by atoms with van der Waals surface area (Å²) in [6.45, 7) is 5.82. The van der Waals surface area contributed by atoms with Crippen molar-refractivity contribution in [2.45, 2.75) is 123 Å². The normalized spacial score (nSPS) is 11.1. The Morgan fingerprint density at radius 3 is 1.78 bits per heavy atom. The topological polar surface area (TPSA) is 89.7 Å². The van der Waals surface area contributed by atoms with Crippen LogP contribution in [0.2, 0.25) is 0 Å². The number of hydrogen-bond acceptors (Lipinski definition) is 4. The molecular formula is C26H43NO5. The Kier molecular flexibility index (Phi) is 14.4. The molecule has 6 heteroatoms. The number of nitro benzene ring substituents is 1. The second kappa shape index (κ2) is 16.5. The Labute approximate surface area is 193 Å². The van der Waals surface area contributed by atoms with Gasteiger partial charge in [-0.15, -0.1) is 0 Å². The fraction of sp³-hybridized carbons (Fsp3) is 0.731. The monoisotopic (exact) mass is 449 g/mol. The van der Waals surface area contributed by atoms with Gasteiger partial charge < -0.3 is 9.84 Å². The van der Waals surface area contributed by atoms with Gasteiger partial charge in [0, 0.05) is 11.6 Å². The molecule has 1 aromatic rings. The van der Waals surface area contributed by atoms with Crippen LogP contribution in [-0.4, -0.2) is 22.1 Å². The third-order valence-corrected chi connectivity index (χ3v) is 5.80. The Hall–Kier alpha value is -2.11. The second-order valence-corrected chi connectivity index (χ2v) is 9.01. The number of carboxylic acid groups (broad SMARTS) is 1.